The van der Waals surface area contributed by atoms with Gasteiger partial charge in [0.2, 0.25) is 0 Å². The normalized spacial score (nSPS) is 9.71. The summed E-state index contributed by atoms with van der Waals surface area (Å²) in [6.45, 7) is 0.464. The van der Waals surface area contributed by atoms with Crippen molar-refractivity contribution in [2.24, 2.45) is 0 Å². The average Bonchev–Trinajstić information content (AvgIpc) is 2.28. The molecule has 0 heterocycles. The zero-order valence-electron chi connectivity index (χ0n) is 9.00. The Kier molecular flexibility index (Phi) is 6.09. The molecule has 0 aliphatic carbocycles. The summed E-state index contributed by atoms with van der Waals surface area (Å²) in [4.78, 5) is 11.7. The molecule has 5 heteroatoms. The summed E-state index contributed by atoms with van der Waals surface area (Å²) < 4.78 is 13.9. The molecule has 2 nitrogen and oxygen atoms in total. The number of amides is 1. The summed E-state index contributed by atoms with van der Waals surface area (Å²) in [6, 6.07) is 4.43. The van der Waals surface area contributed by atoms with Crippen LogP contribution in [0.25, 0.3) is 0 Å². The van der Waals surface area contributed by atoms with Crippen LogP contribution in [0.1, 0.15) is 10.4 Å². The highest BCUT2D eigenvalue weighted by molar-refractivity contribution is 9.10. The number of carbonyl (C=O) groups is 1. The molecule has 0 unspecified atom stereocenters. The lowest BCUT2D eigenvalue weighted by Crippen LogP contribution is -2.27. The molecule has 1 aromatic carbocycles. The Bertz CT molecular complexity index is 424. The van der Waals surface area contributed by atoms with E-state index in [1.54, 1.807) is 23.9 Å². The maximum atomic E-state index is 13.4. The first kappa shape index (κ1) is 14.1. The Morgan fingerprint density at radius 3 is 3.00 bits per heavy atom. The molecule has 0 saturated carbocycles. The average molecular weight is 316 g/mol. The molecule has 0 aliphatic rings. The molecular weight excluding hydrogens is 305 g/mol. The maximum absolute atomic E-state index is 13.4. The number of halogens is 2. The molecule has 0 aromatic heterocycles. The quantitative estimate of drug-likeness (QED) is 0.668. The van der Waals surface area contributed by atoms with Gasteiger partial charge in [-0.2, -0.15) is 0 Å². The molecule has 0 radical (unpaired) electrons. The number of rotatable bonds is 5. The van der Waals surface area contributed by atoms with Crippen LogP contribution in [0.3, 0.4) is 0 Å². The minimum atomic E-state index is -0.534. The zero-order valence-corrected chi connectivity index (χ0v) is 11.4. The Hall–Kier alpha value is -0.990. The second kappa shape index (κ2) is 7.36. The van der Waals surface area contributed by atoms with Gasteiger partial charge in [0.15, 0.2) is 0 Å². The molecule has 0 spiro atoms. The maximum Gasteiger partial charge on any atom is 0.255 e. The fraction of sp³-hybridized carbons (Fsp3) is 0.250. The molecule has 0 aliphatic heterocycles. The van der Waals surface area contributed by atoms with Gasteiger partial charge in [0, 0.05) is 16.8 Å². The van der Waals surface area contributed by atoms with Crippen LogP contribution in [0, 0.1) is 18.2 Å². The first-order valence-electron chi connectivity index (χ1n) is 4.90. The Labute approximate surface area is 112 Å². The van der Waals surface area contributed by atoms with E-state index in [-0.39, 0.29) is 5.56 Å². The monoisotopic (exact) mass is 315 g/mol. The molecule has 0 atom stereocenters. The lowest BCUT2D eigenvalue weighted by atomic mass is 10.2. The lowest BCUT2D eigenvalue weighted by molar-refractivity contribution is 0.0951. The first-order chi connectivity index (χ1) is 8.16. The minimum absolute atomic E-state index is 0.0365. The Morgan fingerprint density at radius 2 is 2.35 bits per heavy atom. The van der Waals surface area contributed by atoms with E-state index < -0.39 is 11.7 Å². The predicted octanol–water partition coefficient (Wildman–Crippen LogP) is 2.68. The van der Waals surface area contributed by atoms with Gasteiger partial charge in [0.25, 0.3) is 5.91 Å². The van der Waals surface area contributed by atoms with E-state index in [0.29, 0.717) is 22.5 Å². The van der Waals surface area contributed by atoms with E-state index in [0.717, 1.165) is 0 Å². The second-order valence-corrected chi connectivity index (χ2v) is 5.07. The largest absolute Gasteiger partial charge is 0.351 e. The van der Waals surface area contributed by atoms with E-state index >= 15 is 0 Å². The van der Waals surface area contributed by atoms with Crippen LogP contribution >= 0.6 is 27.7 Å². The van der Waals surface area contributed by atoms with Crippen molar-refractivity contribution in [1.82, 2.24) is 5.32 Å². The molecule has 0 saturated heterocycles. The Balaban J connectivity index is 2.51. The topological polar surface area (TPSA) is 29.1 Å². The van der Waals surface area contributed by atoms with Crippen LogP contribution in [0.4, 0.5) is 4.39 Å². The fourth-order valence-electron chi connectivity index (χ4n) is 1.17. The summed E-state index contributed by atoms with van der Waals surface area (Å²) in [5.41, 5.74) is 0.0365. The zero-order chi connectivity index (χ0) is 12.7. The molecular formula is C12H11BrFNOS. The SMILES string of the molecule is C#CCSCCNC(=O)c1c(F)cccc1Br. The van der Waals surface area contributed by atoms with Gasteiger partial charge in [0.05, 0.1) is 11.3 Å². The number of thioether (sulfide) groups is 1. The molecule has 1 rings (SSSR count). The van der Waals surface area contributed by atoms with Gasteiger partial charge in [-0.05, 0) is 28.1 Å². The summed E-state index contributed by atoms with van der Waals surface area (Å²) in [7, 11) is 0. The molecule has 0 fully saturated rings. The van der Waals surface area contributed by atoms with Crippen LogP contribution in [0.15, 0.2) is 22.7 Å². The Morgan fingerprint density at radius 1 is 1.59 bits per heavy atom. The van der Waals surface area contributed by atoms with Crippen LogP contribution in [0.2, 0.25) is 0 Å². The van der Waals surface area contributed by atoms with E-state index in [4.69, 9.17) is 6.42 Å². The van der Waals surface area contributed by atoms with Crippen molar-refractivity contribution in [3.63, 3.8) is 0 Å². The second-order valence-electron chi connectivity index (χ2n) is 3.11. The highest BCUT2D eigenvalue weighted by Gasteiger charge is 2.14. The third kappa shape index (κ3) is 4.41. The van der Waals surface area contributed by atoms with Crippen molar-refractivity contribution in [2.45, 2.75) is 0 Å². The summed E-state index contributed by atoms with van der Waals surface area (Å²) in [5.74, 6) is 2.85. The van der Waals surface area contributed by atoms with Gasteiger partial charge in [-0.1, -0.05) is 12.0 Å². The highest BCUT2D eigenvalue weighted by Crippen LogP contribution is 2.19. The minimum Gasteiger partial charge on any atom is -0.351 e. The van der Waals surface area contributed by atoms with Crippen LogP contribution in [0.5, 0.6) is 0 Å². The third-order valence-corrected chi connectivity index (χ3v) is 3.43. The standard InChI is InChI=1S/C12H11BrFNOS/c1-2-7-17-8-6-15-12(16)11-9(13)4-3-5-10(11)14/h1,3-5H,6-8H2,(H,15,16). The van der Waals surface area contributed by atoms with Crippen molar-refractivity contribution in [3.05, 3.63) is 34.1 Å². The van der Waals surface area contributed by atoms with E-state index in [1.807, 2.05) is 0 Å². The third-order valence-electron chi connectivity index (χ3n) is 1.91. The summed E-state index contributed by atoms with van der Waals surface area (Å²) in [5, 5.41) is 2.64. The number of hydrogen-bond donors (Lipinski definition) is 1. The summed E-state index contributed by atoms with van der Waals surface area (Å²) in [6.07, 6.45) is 5.09. The number of terminal acetylenes is 1. The van der Waals surface area contributed by atoms with E-state index in [2.05, 4.69) is 27.2 Å². The molecule has 90 valence electrons. The van der Waals surface area contributed by atoms with Crippen molar-refractivity contribution < 1.29 is 9.18 Å². The van der Waals surface area contributed by atoms with Crippen LogP contribution in [-0.2, 0) is 0 Å². The number of nitrogens with one attached hydrogen (secondary N) is 1. The van der Waals surface area contributed by atoms with Gasteiger partial charge in [0.1, 0.15) is 5.82 Å². The van der Waals surface area contributed by atoms with Gasteiger partial charge in [-0.25, -0.2) is 4.39 Å². The predicted molar refractivity (Wildman–Crippen MR) is 72.6 cm³/mol. The van der Waals surface area contributed by atoms with Crippen molar-refractivity contribution in [3.8, 4) is 12.3 Å². The highest BCUT2D eigenvalue weighted by atomic mass is 79.9. The number of carbonyl (C=O) groups excluding carboxylic acids is 1. The van der Waals surface area contributed by atoms with Crippen molar-refractivity contribution in [1.29, 1.82) is 0 Å². The van der Waals surface area contributed by atoms with Gasteiger partial charge in [-0.15, -0.1) is 18.2 Å². The fourth-order valence-corrected chi connectivity index (χ4v) is 2.20. The lowest BCUT2D eigenvalue weighted by Gasteiger charge is -2.07. The van der Waals surface area contributed by atoms with Crippen molar-refractivity contribution in [2.75, 3.05) is 18.1 Å². The van der Waals surface area contributed by atoms with Gasteiger partial charge < -0.3 is 5.32 Å². The molecule has 1 amide bonds. The van der Waals surface area contributed by atoms with Gasteiger partial charge in [-0.3, -0.25) is 4.79 Å². The molecule has 1 N–H and O–H groups in total. The van der Waals surface area contributed by atoms with Crippen molar-refractivity contribution >= 4 is 33.6 Å². The molecule has 0 bridgehead atoms. The van der Waals surface area contributed by atoms with E-state index in [9.17, 15) is 9.18 Å². The molecule has 17 heavy (non-hydrogen) atoms. The van der Waals surface area contributed by atoms with Crippen LogP contribution < -0.4 is 5.32 Å². The smallest absolute Gasteiger partial charge is 0.255 e. The number of benzene rings is 1. The first-order valence-corrected chi connectivity index (χ1v) is 6.85. The van der Waals surface area contributed by atoms with E-state index in [1.165, 1.54) is 6.07 Å². The number of hydrogen-bond acceptors (Lipinski definition) is 2. The van der Waals surface area contributed by atoms with Gasteiger partial charge >= 0.3 is 0 Å². The molecule has 1 aromatic rings. The van der Waals surface area contributed by atoms with Crippen LogP contribution in [-0.4, -0.2) is 24.0 Å². The summed E-state index contributed by atoms with van der Waals surface area (Å²) >= 11 is 4.69.